The predicted molar refractivity (Wildman–Crippen MR) is 89.0 cm³/mol. The number of nitrogens with one attached hydrogen (secondary N) is 3. The number of rotatable bonds is 5. The minimum absolute atomic E-state index is 0.496. The maximum Gasteiger partial charge on any atom is 0.226 e. The molecule has 0 bridgehead atoms. The monoisotopic (exact) mass is 306 g/mol. The number of thioether (sulfide) groups is 1. The molecule has 6 nitrogen and oxygen atoms in total. The van der Waals surface area contributed by atoms with Crippen molar-refractivity contribution in [2.45, 2.75) is 43.9 Å². The average Bonchev–Trinajstić information content (AvgIpc) is 2.97. The first-order valence-electron chi connectivity index (χ1n) is 7.54. The van der Waals surface area contributed by atoms with Crippen LogP contribution < -0.4 is 10.6 Å². The van der Waals surface area contributed by atoms with Crippen LogP contribution in [0.5, 0.6) is 0 Å². The average molecular weight is 306 g/mol. The number of aromatic nitrogens is 4. The van der Waals surface area contributed by atoms with E-state index in [1.807, 2.05) is 18.7 Å². The van der Waals surface area contributed by atoms with E-state index in [1.54, 1.807) is 6.20 Å². The molecule has 2 aromatic heterocycles. The lowest BCUT2D eigenvalue weighted by Gasteiger charge is -2.28. The Balaban J connectivity index is 1.78. The van der Waals surface area contributed by atoms with Crippen LogP contribution in [0.25, 0.3) is 11.0 Å². The van der Waals surface area contributed by atoms with E-state index in [2.05, 4.69) is 37.1 Å². The first-order valence-corrected chi connectivity index (χ1v) is 8.83. The Bertz CT molecular complexity index is 590. The quantitative estimate of drug-likeness (QED) is 0.788. The number of H-pyrrole nitrogens is 1. The van der Waals surface area contributed by atoms with Gasteiger partial charge in [-0.3, -0.25) is 5.10 Å². The summed E-state index contributed by atoms with van der Waals surface area (Å²) < 4.78 is 0. The lowest BCUT2D eigenvalue weighted by Crippen LogP contribution is -2.27. The molecular weight excluding hydrogens is 284 g/mol. The Kier molecular flexibility index (Phi) is 4.48. The largest absolute Gasteiger partial charge is 0.367 e. The molecule has 1 aliphatic rings. The van der Waals surface area contributed by atoms with Crippen LogP contribution in [0.4, 0.5) is 11.8 Å². The molecule has 1 aliphatic carbocycles. The van der Waals surface area contributed by atoms with Crippen LogP contribution in [-0.2, 0) is 0 Å². The topological polar surface area (TPSA) is 78.5 Å². The van der Waals surface area contributed by atoms with Crippen LogP contribution in [0.3, 0.4) is 0 Å². The van der Waals surface area contributed by atoms with Gasteiger partial charge in [0.2, 0.25) is 5.95 Å². The number of hydrogen-bond acceptors (Lipinski definition) is 6. The van der Waals surface area contributed by atoms with Crippen LogP contribution in [0.2, 0.25) is 0 Å². The molecule has 0 amide bonds. The first kappa shape index (κ1) is 14.4. The third-order valence-electron chi connectivity index (χ3n) is 3.99. The molecule has 114 valence electrons. The standard InChI is InChI=1S/C14H22N6S/c1-3-15-14-18-12(11-8-16-20-13(11)19-14)17-9-4-6-10(21-2)7-5-9/h8-10H,3-7H2,1-2H3,(H3,15,16,17,18,19,20). The minimum atomic E-state index is 0.496. The molecule has 0 unspecified atom stereocenters. The first-order chi connectivity index (χ1) is 10.3. The zero-order valence-electron chi connectivity index (χ0n) is 12.5. The number of nitrogens with zero attached hydrogens (tertiary/aromatic N) is 3. The summed E-state index contributed by atoms with van der Waals surface area (Å²) in [4.78, 5) is 9.02. The molecule has 0 atom stereocenters. The van der Waals surface area contributed by atoms with E-state index in [4.69, 9.17) is 0 Å². The van der Waals surface area contributed by atoms with E-state index < -0.39 is 0 Å². The maximum atomic E-state index is 4.60. The number of anilines is 2. The predicted octanol–water partition coefficient (Wildman–Crippen LogP) is 2.87. The SMILES string of the molecule is CCNc1nc(NC2CCC(SC)CC2)c2cn[nH]c2n1. The van der Waals surface area contributed by atoms with Crippen molar-refractivity contribution in [3.8, 4) is 0 Å². The molecule has 1 saturated carbocycles. The molecule has 0 aliphatic heterocycles. The Morgan fingerprint density at radius 1 is 1.29 bits per heavy atom. The summed E-state index contributed by atoms with van der Waals surface area (Å²) in [5.74, 6) is 1.53. The summed E-state index contributed by atoms with van der Waals surface area (Å²) in [5.41, 5.74) is 0.779. The van der Waals surface area contributed by atoms with Crippen molar-refractivity contribution >= 4 is 34.6 Å². The fraction of sp³-hybridized carbons (Fsp3) is 0.643. The van der Waals surface area contributed by atoms with E-state index >= 15 is 0 Å². The van der Waals surface area contributed by atoms with Crippen LogP contribution in [0.15, 0.2) is 6.20 Å². The summed E-state index contributed by atoms with van der Waals surface area (Å²) in [7, 11) is 0. The Hall–Kier alpha value is -1.50. The van der Waals surface area contributed by atoms with E-state index in [9.17, 15) is 0 Å². The maximum absolute atomic E-state index is 4.60. The fourth-order valence-corrected chi connectivity index (χ4v) is 3.56. The molecule has 21 heavy (non-hydrogen) atoms. The number of hydrogen-bond donors (Lipinski definition) is 3. The number of aromatic amines is 1. The van der Waals surface area contributed by atoms with E-state index in [1.165, 1.54) is 25.7 Å². The van der Waals surface area contributed by atoms with Gasteiger partial charge in [-0.1, -0.05) is 0 Å². The summed E-state index contributed by atoms with van der Waals surface area (Å²) in [6, 6.07) is 0.496. The van der Waals surface area contributed by atoms with Gasteiger partial charge in [0.25, 0.3) is 0 Å². The summed E-state index contributed by atoms with van der Waals surface area (Å²) in [6.07, 6.45) is 8.95. The van der Waals surface area contributed by atoms with Crippen LogP contribution >= 0.6 is 11.8 Å². The Morgan fingerprint density at radius 3 is 2.81 bits per heavy atom. The highest BCUT2D eigenvalue weighted by molar-refractivity contribution is 7.99. The third kappa shape index (κ3) is 3.23. The highest BCUT2D eigenvalue weighted by Gasteiger charge is 2.21. The Morgan fingerprint density at radius 2 is 2.10 bits per heavy atom. The minimum Gasteiger partial charge on any atom is -0.367 e. The zero-order valence-corrected chi connectivity index (χ0v) is 13.3. The molecule has 0 spiro atoms. The van der Waals surface area contributed by atoms with Gasteiger partial charge in [-0.2, -0.15) is 26.8 Å². The summed E-state index contributed by atoms with van der Waals surface area (Å²) >= 11 is 1.99. The molecular formula is C14H22N6S. The Labute approximate surface area is 128 Å². The second kappa shape index (κ2) is 6.51. The molecule has 1 fully saturated rings. The van der Waals surface area contributed by atoms with Crippen LogP contribution in [-0.4, -0.2) is 44.3 Å². The molecule has 7 heteroatoms. The third-order valence-corrected chi connectivity index (χ3v) is 5.13. The van der Waals surface area contributed by atoms with Crippen molar-refractivity contribution in [1.29, 1.82) is 0 Å². The summed E-state index contributed by atoms with van der Waals surface area (Å²) in [6.45, 7) is 2.84. The smallest absolute Gasteiger partial charge is 0.226 e. The fourth-order valence-electron chi connectivity index (χ4n) is 2.82. The highest BCUT2D eigenvalue weighted by Crippen LogP contribution is 2.30. The molecule has 3 rings (SSSR count). The van der Waals surface area contributed by atoms with Crippen molar-refractivity contribution in [1.82, 2.24) is 20.2 Å². The second-order valence-electron chi connectivity index (χ2n) is 5.41. The van der Waals surface area contributed by atoms with Gasteiger partial charge >= 0.3 is 0 Å². The number of fused-ring (bicyclic) bond motifs is 1. The molecule has 2 heterocycles. The van der Waals surface area contributed by atoms with Gasteiger partial charge in [-0.05, 0) is 38.9 Å². The van der Waals surface area contributed by atoms with Gasteiger partial charge in [0.1, 0.15) is 5.82 Å². The summed E-state index contributed by atoms with van der Waals surface area (Å²) in [5, 5.41) is 15.6. The van der Waals surface area contributed by atoms with Gasteiger partial charge in [0.15, 0.2) is 5.65 Å². The van der Waals surface area contributed by atoms with E-state index in [-0.39, 0.29) is 0 Å². The van der Waals surface area contributed by atoms with Gasteiger partial charge in [-0.15, -0.1) is 0 Å². The van der Waals surface area contributed by atoms with Gasteiger partial charge in [0, 0.05) is 17.8 Å². The van der Waals surface area contributed by atoms with E-state index in [0.29, 0.717) is 12.0 Å². The highest BCUT2D eigenvalue weighted by atomic mass is 32.2. The lowest BCUT2D eigenvalue weighted by molar-refractivity contribution is 0.472. The van der Waals surface area contributed by atoms with Crippen molar-refractivity contribution in [2.24, 2.45) is 0 Å². The molecule has 2 aromatic rings. The lowest BCUT2D eigenvalue weighted by atomic mass is 9.95. The van der Waals surface area contributed by atoms with Gasteiger partial charge in [-0.25, -0.2) is 0 Å². The molecule has 0 radical (unpaired) electrons. The van der Waals surface area contributed by atoms with Crippen LogP contribution in [0.1, 0.15) is 32.6 Å². The second-order valence-corrected chi connectivity index (χ2v) is 6.55. The zero-order chi connectivity index (χ0) is 14.7. The van der Waals surface area contributed by atoms with Gasteiger partial charge in [0.05, 0.1) is 11.6 Å². The van der Waals surface area contributed by atoms with E-state index in [0.717, 1.165) is 28.6 Å². The molecule has 0 saturated heterocycles. The van der Waals surface area contributed by atoms with Crippen LogP contribution in [0, 0.1) is 0 Å². The molecule has 3 N–H and O–H groups in total. The van der Waals surface area contributed by atoms with Crippen molar-refractivity contribution in [3.63, 3.8) is 0 Å². The van der Waals surface area contributed by atoms with Crippen molar-refractivity contribution in [2.75, 3.05) is 23.4 Å². The normalized spacial score (nSPS) is 22.4. The van der Waals surface area contributed by atoms with Crippen molar-refractivity contribution < 1.29 is 0 Å². The van der Waals surface area contributed by atoms with Crippen molar-refractivity contribution in [3.05, 3.63) is 6.20 Å². The molecule has 0 aromatic carbocycles. The van der Waals surface area contributed by atoms with Gasteiger partial charge < -0.3 is 10.6 Å².